The van der Waals surface area contributed by atoms with Crippen LogP contribution in [0.5, 0.6) is 0 Å². The van der Waals surface area contributed by atoms with Crippen molar-refractivity contribution < 1.29 is 0 Å². The first-order chi connectivity index (χ1) is 7.16. The molecule has 0 aromatic carbocycles. The zero-order valence-corrected chi connectivity index (χ0v) is 9.95. The zero-order chi connectivity index (χ0) is 10.8. The van der Waals surface area contributed by atoms with E-state index in [0.717, 1.165) is 5.69 Å². The molecule has 0 bridgehead atoms. The first-order valence-corrected chi connectivity index (χ1v) is 5.78. The summed E-state index contributed by atoms with van der Waals surface area (Å²) in [6.45, 7) is 6.66. The molecule has 2 heteroatoms. The van der Waals surface area contributed by atoms with Crippen LogP contribution < -0.4 is 0 Å². The molecular weight excluding hydrogens is 184 g/mol. The average Bonchev–Trinajstić information content (AvgIpc) is 2.22. The Bertz CT molecular complexity index is 346. The van der Waals surface area contributed by atoms with E-state index in [9.17, 15) is 0 Å². The third kappa shape index (κ3) is 2.37. The number of aromatic nitrogens is 1. The topological polar surface area (TPSA) is 16.1 Å². The molecule has 0 saturated carbocycles. The van der Waals surface area contributed by atoms with Gasteiger partial charge in [-0.3, -0.25) is 4.98 Å². The lowest BCUT2D eigenvalue weighted by Gasteiger charge is -2.30. The van der Waals surface area contributed by atoms with Crippen LogP contribution in [0.4, 0.5) is 0 Å². The van der Waals surface area contributed by atoms with E-state index < -0.39 is 0 Å². The minimum atomic E-state index is 0.690. The van der Waals surface area contributed by atoms with Gasteiger partial charge < -0.3 is 4.90 Å². The molecule has 1 saturated heterocycles. The maximum Gasteiger partial charge on any atom is 0.0401 e. The Morgan fingerprint density at radius 3 is 2.87 bits per heavy atom. The first kappa shape index (κ1) is 10.6. The van der Waals surface area contributed by atoms with Crippen molar-refractivity contribution in [1.82, 2.24) is 9.88 Å². The number of likely N-dealkylation sites (N-methyl/N-ethyl adjacent to an activating group) is 1. The Labute approximate surface area is 92.3 Å². The van der Waals surface area contributed by atoms with Crippen LogP contribution in [-0.2, 0) is 0 Å². The number of hydrogen-bond donors (Lipinski definition) is 0. The Morgan fingerprint density at radius 2 is 2.20 bits per heavy atom. The van der Waals surface area contributed by atoms with E-state index in [4.69, 9.17) is 0 Å². The molecule has 1 aliphatic rings. The third-order valence-corrected chi connectivity index (χ3v) is 3.46. The summed E-state index contributed by atoms with van der Waals surface area (Å²) in [6.07, 6.45) is 4.69. The highest BCUT2D eigenvalue weighted by Gasteiger charge is 2.19. The number of rotatable bonds is 1. The highest BCUT2D eigenvalue weighted by molar-refractivity contribution is 5.26. The number of hydrogen-bond acceptors (Lipinski definition) is 2. The predicted octanol–water partition coefficient (Wildman–Crippen LogP) is 2.51. The summed E-state index contributed by atoms with van der Waals surface area (Å²) in [7, 11) is 2.21. The van der Waals surface area contributed by atoms with E-state index >= 15 is 0 Å². The van der Waals surface area contributed by atoms with Crippen LogP contribution in [0.3, 0.4) is 0 Å². The lowest BCUT2D eigenvalue weighted by atomic mass is 9.91. The quantitative estimate of drug-likeness (QED) is 0.698. The monoisotopic (exact) mass is 204 g/mol. The van der Waals surface area contributed by atoms with Gasteiger partial charge in [-0.05, 0) is 57.3 Å². The number of nitrogens with zero attached hydrogens (tertiary/aromatic N) is 2. The molecule has 1 aromatic rings. The maximum absolute atomic E-state index is 4.46. The molecule has 0 spiro atoms. The normalized spacial score (nSPS) is 23.0. The second-order valence-electron chi connectivity index (χ2n) is 4.77. The van der Waals surface area contributed by atoms with E-state index in [-0.39, 0.29) is 0 Å². The fourth-order valence-corrected chi connectivity index (χ4v) is 2.33. The van der Waals surface area contributed by atoms with Crippen LogP contribution in [0.25, 0.3) is 0 Å². The molecule has 1 aromatic heterocycles. The molecule has 0 aliphatic carbocycles. The summed E-state index contributed by atoms with van der Waals surface area (Å²) in [4.78, 5) is 6.88. The fraction of sp³-hybridized carbons (Fsp3) is 0.615. The first-order valence-electron chi connectivity index (χ1n) is 5.78. The van der Waals surface area contributed by atoms with Gasteiger partial charge in [-0.1, -0.05) is 6.07 Å². The van der Waals surface area contributed by atoms with Gasteiger partial charge in [-0.15, -0.1) is 0 Å². The van der Waals surface area contributed by atoms with Gasteiger partial charge in [0.15, 0.2) is 0 Å². The van der Waals surface area contributed by atoms with Crippen molar-refractivity contribution in [2.75, 3.05) is 20.1 Å². The predicted molar refractivity (Wildman–Crippen MR) is 63.2 cm³/mol. The van der Waals surface area contributed by atoms with Gasteiger partial charge in [0, 0.05) is 18.4 Å². The smallest absolute Gasteiger partial charge is 0.0401 e. The molecule has 1 unspecified atom stereocenters. The van der Waals surface area contributed by atoms with Gasteiger partial charge >= 0.3 is 0 Å². The van der Waals surface area contributed by atoms with Crippen molar-refractivity contribution in [3.05, 3.63) is 29.1 Å². The number of piperidine rings is 1. The molecular formula is C13H20N2. The summed E-state index contributed by atoms with van der Waals surface area (Å²) in [5, 5.41) is 0. The van der Waals surface area contributed by atoms with Crippen LogP contribution in [-0.4, -0.2) is 30.0 Å². The molecule has 2 heterocycles. The molecule has 0 amide bonds. The zero-order valence-electron chi connectivity index (χ0n) is 9.95. The van der Waals surface area contributed by atoms with Gasteiger partial charge in [0.2, 0.25) is 0 Å². The van der Waals surface area contributed by atoms with E-state index in [0.29, 0.717) is 5.92 Å². The number of aryl methyl sites for hydroxylation is 2. The molecule has 2 nitrogen and oxygen atoms in total. The number of likely N-dealkylation sites (tertiary alicyclic amines) is 1. The molecule has 1 atom stereocenters. The van der Waals surface area contributed by atoms with Crippen LogP contribution in [0.1, 0.15) is 35.6 Å². The van der Waals surface area contributed by atoms with Crippen molar-refractivity contribution >= 4 is 0 Å². The summed E-state index contributed by atoms with van der Waals surface area (Å²) in [6, 6.07) is 2.31. The van der Waals surface area contributed by atoms with Gasteiger partial charge in [0.05, 0.1) is 0 Å². The van der Waals surface area contributed by atoms with Crippen LogP contribution in [0.15, 0.2) is 12.3 Å². The van der Waals surface area contributed by atoms with Crippen molar-refractivity contribution in [1.29, 1.82) is 0 Å². The lowest BCUT2D eigenvalue weighted by Crippen LogP contribution is -2.30. The minimum Gasteiger partial charge on any atom is -0.306 e. The Balaban J connectivity index is 2.18. The molecule has 2 rings (SSSR count). The number of pyridine rings is 1. The summed E-state index contributed by atoms with van der Waals surface area (Å²) < 4.78 is 0. The second-order valence-corrected chi connectivity index (χ2v) is 4.77. The van der Waals surface area contributed by atoms with Crippen molar-refractivity contribution in [3.8, 4) is 0 Å². The fourth-order valence-electron chi connectivity index (χ4n) is 2.33. The highest BCUT2D eigenvalue weighted by atomic mass is 15.1. The van der Waals surface area contributed by atoms with E-state index in [1.807, 2.05) is 0 Å². The molecule has 82 valence electrons. The van der Waals surface area contributed by atoms with Crippen molar-refractivity contribution in [2.45, 2.75) is 32.6 Å². The standard InChI is InChI=1S/C13H20N2/c1-10-7-13(8-14-11(10)2)12-5-4-6-15(3)9-12/h7-8,12H,4-6,9H2,1-3H3. The highest BCUT2D eigenvalue weighted by Crippen LogP contribution is 2.26. The van der Waals surface area contributed by atoms with Gasteiger partial charge in [-0.25, -0.2) is 0 Å². The molecule has 15 heavy (non-hydrogen) atoms. The summed E-state index contributed by atoms with van der Waals surface area (Å²) in [5.41, 5.74) is 3.90. The average molecular weight is 204 g/mol. The van der Waals surface area contributed by atoms with Gasteiger partial charge in [0.25, 0.3) is 0 Å². The van der Waals surface area contributed by atoms with Crippen LogP contribution in [0, 0.1) is 13.8 Å². The molecule has 1 aliphatic heterocycles. The van der Waals surface area contributed by atoms with Crippen LogP contribution >= 0.6 is 0 Å². The Morgan fingerprint density at radius 1 is 1.40 bits per heavy atom. The van der Waals surface area contributed by atoms with Gasteiger partial charge in [0.1, 0.15) is 0 Å². The largest absolute Gasteiger partial charge is 0.306 e. The molecule has 0 N–H and O–H groups in total. The second kappa shape index (κ2) is 4.31. The maximum atomic E-state index is 4.46. The lowest BCUT2D eigenvalue weighted by molar-refractivity contribution is 0.250. The molecule has 0 radical (unpaired) electrons. The Hall–Kier alpha value is -0.890. The van der Waals surface area contributed by atoms with Crippen molar-refractivity contribution in [3.63, 3.8) is 0 Å². The SMILES string of the molecule is Cc1cc(C2CCCN(C)C2)cnc1C. The molecule has 1 fully saturated rings. The van der Waals surface area contributed by atoms with Gasteiger partial charge in [-0.2, -0.15) is 0 Å². The van der Waals surface area contributed by atoms with E-state index in [1.54, 1.807) is 0 Å². The van der Waals surface area contributed by atoms with E-state index in [2.05, 4.69) is 43.0 Å². The van der Waals surface area contributed by atoms with E-state index in [1.165, 1.54) is 37.1 Å². The van der Waals surface area contributed by atoms with Crippen LogP contribution in [0.2, 0.25) is 0 Å². The third-order valence-electron chi connectivity index (χ3n) is 3.46. The summed E-state index contributed by atoms with van der Waals surface area (Å²) in [5.74, 6) is 0.690. The Kier molecular flexibility index (Phi) is 3.06. The minimum absolute atomic E-state index is 0.690. The van der Waals surface area contributed by atoms with Crippen molar-refractivity contribution in [2.24, 2.45) is 0 Å². The summed E-state index contributed by atoms with van der Waals surface area (Å²) >= 11 is 0.